The highest BCUT2D eigenvalue weighted by molar-refractivity contribution is 7.91. The van der Waals surface area contributed by atoms with Crippen molar-refractivity contribution in [2.24, 2.45) is 17.3 Å². The van der Waals surface area contributed by atoms with Gasteiger partial charge in [-0.05, 0) is 244 Å². The predicted octanol–water partition coefficient (Wildman–Crippen LogP) is 14.8. The number of hydrogen-bond acceptors (Lipinski definition) is 34. The lowest BCUT2D eigenvalue weighted by molar-refractivity contribution is 0.0972. The standard InChI is InChI=1S/C30H32FN5O4S.C27H34N6O4S.C25H28N6O4S.C23H25FN6O4S/c1-20(2)19-40-25-16-23(15-24(31)17-25)27-11-10-26(30(37)35-41(38,39)28-12-13-32-34-28)29(33-27)36-14-6-9-22(18-36)21-7-4-3-5-8-21;1-17(2)37-22-13-10-18(14-29-22)20-12-11-19(24(30-20)33-16-26(3,4)15-27(33,5)6)25(34)32-38(35,36)23-9-7-8-21(28)31-23;1-15(2)35-22-11-7-17(13-27-22)20-10-9-19(24(28-20)31-14-16-6-8-18(31)12-16)25(32)30-36(33,34)23-5-3-4-21(26)29-23;1-2-34-20-9-6-15(14-26-20)18-8-7-17(22(27-18)30-12-10-16(24)11-13-30)23(31)29-35(32,33)21-5-3-4-19(25)28-21/h3-5,7-8,10-13,15-17,20,22H,6,9,14,18-19H2,1-2H3,(H,32,34)(H,35,37);7-14,17H,15-16H2,1-6H3,(H2,28,31)(H,32,34);3-5,7,9-11,13,15-16,18H,6,8,12,14H2,1-2H3,(H2,26,29)(H,30,32);3-9,14,16H,2,10-13H2,1H3,(H2,25,28)(H,29,31)/t22-;;16-,18?;/m1.0./s1. The molecule has 2 aromatic carbocycles. The van der Waals surface area contributed by atoms with Crippen LogP contribution in [0.1, 0.15) is 180 Å². The van der Waals surface area contributed by atoms with Gasteiger partial charge in [0.1, 0.15) is 58.5 Å². The molecule has 18 rings (SSSR count). The normalized spacial score (nSPS) is 16.4. The Balaban J connectivity index is 0.000000150. The molecular weight excluding hydrogens is 2010 g/mol. The van der Waals surface area contributed by atoms with E-state index in [1.807, 2.05) is 88.4 Å². The first-order valence-electron chi connectivity index (χ1n) is 48.8. The molecule has 0 spiro atoms. The average Bonchev–Trinajstić information content (AvgIpc) is 1.60. The summed E-state index contributed by atoms with van der Waals surface area (Å²) >= 11 is 0. The fourth-order valence-electron chi connectivity index (χ4n) is 18.4. The van der Waals surface area contributed by atoms with Crippen molar-refractivity contribution >= 4 is 104 Å². The van der Waals surface area contributed by atoms with Gasteiger partial charge in [0.05, 0.1) is 76.6 Å². The van der Waals surface area contributed by atoms with Gasteiger partial charge in [0.15, 0.2) is 20.1 Å². The van der Waals surface area contributed by atoms with Crippen molar-refractivity contribution in [2.45, 2.75) is 184 Å². The second-order valence-electron chi connectivity index (χ2n) is 39.0. The van der Waals surface area contributed by atoms with Crippen LogP contribution in [0.3, 0.4) is 0 Å². The van der Waals surface area contributed by atoms with E-state index >= 15 is 0 Å². The third kappa shape index (κ3) is 27.3. The van der Waals surface area contributed by atoms with E-state index in [1.165, 1.54) is 96.7 Å². The second kappa shape index (κ2) is 46.5. The lowest BCUT2D eigenvalue weighted by Gasteiger charge is -2.35. The number of hydrogen-bond donors (Lipinski definition) is 8. The summed E-state index contributed by atoms with van der Waals surface area (Å²) in [6.07, 6.45) is 11.8. The largest absolute Gasteiger partial charge is 0.493 e. The van der Waals surface area contributed by atoms with Crippen LogP contribution in [-0.4, -0.2) is 200 Å². The van der Waals surface area contributed by atoms with Crippen LogP contribution in [0.4, 0.5) is 49.5 Å². The Morgan fingerprint density at radius 3 is 1.36 bits per heavy atom. The van der Waals surface area contributed by atoms with Gasteiger partial charge in [-0.25, -0.2) is 77.5 Å². The molecule has 0 radical (unpaired) electrons. The van der Waals surface area contributed by atoms with Gasteiger partial charge < -0.3 is 55.7 Å². The Hall–Kier alpha value is -15.5. The fraction of sp³-hybridized carbons (Fsp3) is 0.343. The number of alkyl halides is 1. The predicted molar refractivity (Wildman–Crippen MR) is 563 cm³/mol. The molecule has 45 heteroatoms. The summed E-state index contributed by atoms with van der Waals surface area (Å²) in [5.74, 6) is 0.669. The van der Waals surface area contributed by atoms with Crippen LogP contribution in [0.5, 0.6) is 23.4 Å². The highest BCUT2D eigenvalue weighted by Crippen LogP contribution is 2.46. The monoisotopic (exact) mass is 2120 g/mol. The van der Waals surface area contributed by atoms with Gasteiger partial charge in [0.25, 0.3) is 63.7 Å². The zero-order valence-corrected chi connectivity index (χ0v) is 87.8. The number of piperidine rings is 3. The lowest BCUT2D eigenvalue weighted by Crippen LogP contribution is -2.41. The number of carbonyl (C=O) groups is 4. The number of fused-ring (bicyclic) bond motifs is 2. The van der Waals surface area contributed by atoms with Crippen molar-refractivity contribution in [1.82, 2.24) is 78.9 Å². The molecule has 39 nitrogen and oxygen atoms in total. The summed E-state index contributed by atoms with van der Waals surface area (Å²) in [6, 6.07) is 52.1. The number of rotatable bonds is 30. The molecule has 788 valence electrons. The molecule has 3 atom stereocenters. The number of halogens is 2. The molecule has 150 heavy (non-hydrogen) atoms. The number of aromatic amines is 1. The first-order chi connectivity index (χ1) is 71.3. The smallest absolute Gasteiger partial charge is 0.281 e. The number of amides is 4. The van der Waals surface area contributed by atoms with Crippen molar-refractivity contribution < 1.29 is 80.6 Å². The van der Waals surface area contributed by atoms with Crippen LogP contribution in [0.2, 0.25) is 0 Å². The molecule has 5 aliphatic rings. The first kappa shape index (κ1) is 109. The number of sulfonamides is 4. The van der Waals surface area contributed by atoms with E-state index in [-0.39, 0.29) is 120 Å². The quantitative estimate of drug-likeness (QED) is 0.0207. The summed E-state index contributed by atoms with van der Waals surface area (Å²) in [5, 5.41) is 4.76. The maximum atomic E-state index is 14.6. The topological polar surface area (TPSA) is 538 Å². The van der Waals surface area contributed by atoms with Gasteiger partial charge in [0, 0.05) is 122 Å². The molecular formula is C105H119F2N23O16S4. The number of nitrogens with zero attached hydrogens (tertiary/aromatic N) is 15. The molecule has 15 heterocycles. The maximum Gasteiger partial charge on any atom is 0.281 e. The first-order valence-corrected chi connectivity index (χ1v) is 54.8. The number of pyridine rings is 10. The van der Waals surface area contributed by atoms with Crippen molar-refractivity contribution in [1.29, 1.82) is 0 Å². The van der Waals surface area contributed by atoms with Crippen LogP contribution in [0.25, 0.3) is 45.0 Å². The van der Waals surface area contributed by atoms with Gasteiger partial charge in [-0.3, -0.25) is 24.3 Å². The van der Waals surface area contributed by atoms with E-state index in [9.17, 15) is 61.6 Å². The van der Waals surface area contributed by atoms with Gasteiger partial charge in [0.2, 0.25) is 17.6 Å². The molecule has 11 N–H and O–H groups in total. The highest BCUT2D eigenvalue weighted by atomic mass is 32.2. The summed E-state index contributed by atoms with van der Waals surface area (Å²) < 4.78 is 162. The number of aromatic nitrogens is 12. The van der Waals surface area contributed by atoms with Crippen molar-refractivity contribution in [3.05, 3.63) is 253 Å². The molecule has 1 aliphatic carbocycles. The third-order valence-corrected chi connectivity index (χ3v) is 29.9. The minimum absolute atomic E-state index is 0.00423. The molecule has 4 saturated heterocycles. The van der Waals surface area contributed by atoms with Crippen LogP contribution in [-0.2, 0) is 40.1 Å². The zero-order chi connectivity index (χ0) is 107. The number of H-pyrrole nitrogens is 1. The van der Waals surface area contributed by atoms with Crippen LogP contribution >= 0.6 is 0 Å². The van der Waals surface area contributed by atoms with Crippen LogP contribution in [0.15, 0.2) is 239 Å². The summed E-state index contributed by atoms with van der Waals surface area (Å²) in [6.45, 7) is 26.3. The van der Waals surface area contributed by atoms with E-state index in [4.69, 9.17) is 51.1 Å². The molecule has 13 aromatic rings. The van der Waals surface area contributed by atoms with E-state index < -0.39 is 75.7 Å². The number of anilines is 7. The number of carbonyl (C=O) groups excluding carboxylic acids is 4. The lowest BCUT2D eigenvalue weighted by atomic mass is 9.86. The average molecular weight is 2130 g/mol. The Kier molecular flexibility index (Phi) is 33.7. The van der Waals surface area contributed by atoms with Gasteiger partial charge >= 0.3 is 0 Å². The van der Waals surface area contributed by atoms with Gasteiger partial charge in [-0.2, -0.15) is 38.8 Å². The van der Waals surface area contributed by atoms with Crippen LogP contribution < -0.4 is 74.6 Å². The van der Waals surface area contributed by atoms with Crippen molar-refractivity contribution in [3.8, 4) is 68.4 Å². The Morgan fingerprint density at radius 2 is 0.933 bits per heavy atom. The number of benzene rings is 2. The Morgan fingerprint density at radius 1 is 0.473 bits per heavy atom. The molecule has 11 aromatic heterocycles. The number of nitrogen functional groups attached to an aromatic ring is 3. The minimum atomic E-state index is -4.28. The molecule has 4 aliphatic heterocycles. The van der Waals surface area contributed by atoms with E-state index in [2.05, 4.69) is 109 Å². The minimum Gasteiger partial charge on any atom is -0.493 e. The van der Waals surface area contributed by atoms with Gasteiger partial charge in [-0.1, -0.05) is 76.2 Å². The van der Waals surface area contributed by atoms with Gasteiger partial charge in [-0.15, -0.1) is 0 Å². The number of nitrogens with two attached hydrogens (primary N) is 3. The summed E-state index contributed by atoms with van der Waals surface area (Å²) in [5.41, 5.74) is 23.0. The van der Waals surface area contributed by atoms with E-state index in [0.29, 0.717) is 127 Å². The Bertz CT molecular complexity index is 7540. The summed E-state index contributed by atoms with van der Waals surface area (Å²) in [7, 11) is -16.9. The molecule has 1 saturated carbocycles. The fourth-order valence-corrected chi connectivity index (χ4v) is 22.1. The van der Waals surface area contributed by atoms with E-state index in [0.717, 1.165) is 56.2 Å². The summed E-state index contributed by atoms with van der Waals surface area (Å²) in [4.78, 5) is 105. The molecule has 2 bridgehead atoms. The molecule has 4 amide bonds. The van der Waals surface area contributed by atoms with Crippen molar-refractivity contribution in [2.75, 3.05) is 89.3 Å². The third-order valence-electron chi connectivity index (χ3n) is 24.9. The Labute approximate surface area is 869 Å². The molecule has 1 unspecified atom stereocenters. The number of nitrogens with one attached hydrogen (secondary N) is 5. The molecule has 5 fully saturated rings. The SMILES string of the molecule is CC(C)COc1cc(F)cc(-c2ccc(C(=O)NS(=O)(=O)c3ccn[nH]3)c(N3CCC[C@@H](c4ccccc4)C3)n2)c1.CC(C)Oc1ccc(-c2ccc(C(=O)NS(=O)(=O)c3cccc(N)n3)c(N3CC(C)(C)CC3(C)C)n2)cn1.CC(C)Oc1ccc(-c2ccc(C(=O)NS(=O)(=O)c3cccc(N)n3)c(N3C[C@H]4CCC3C4)n2)cn1.CCOc1ccc(-c2ccc(C(=O)NS(=O)(=O)c3cccc(N)n3)c(N3CCC(F)CC3)n2)cn1. The highest BCUT2D eigenvalue weighted by Gasteiger charge is 2.46. The number of ether oxygens (including phenoxy) is 4. The maximum absolute atomic E-state index is 14.6. The van der Waals surface area contributed by atoms with Crippen molar-refractivity contribution in [3.63, 3.8) is 0 Å². The second-order valence-corrected chi connectivity index (χ2v) is 45.6. The van der Waals surface area contributed by atoms with Crippen LogP contribution in [0, 0.1) is 23.1 Å². The van der Waals surface area contributed by atoms with E-state index in [1.54, 1.807) is 90.2 Å². The zero-order valence-electron chi connectivity index (χ0n) is 84.5.